The van der Waals surface area contributed by atoms with Crippen LogP contribution in [-0.4, -0.2) is 46.9 Å². The van der Waals surface area contributed by atoms with Crippen molar-refractivity contribution in [2.24, 2.45) is 17.6 Å². The van der Waals surface area contributed by atoms with Crippen molar-refractivity contribution in [3.63, 3.8) is 0 Å². The van der Waals surface area contributed by atoms with Crippen LogP contribution < -0.4 is 20.8 Å². The van der Waals surface area contributed by atoms with E-state index in [1.807, 2.05) is 4.90 Å². The average Bonchev–Trinajstić information content (AvgIpc) is 3.13. The van der Waals surface area contributed by atoms with Gasteiger partial charge in [0.25, 0.3) is 0 Å². The highest BCUT2D eigenvalue weighted by molar-refractivity contribution is 5.92. The van der Waals surface area contributed by atoms with E-state index < -0.39 is 22.8 Å². The predicted molar refractivity (Wildman–Crippen MR) is 108 cm³/mol. The number of carboxylic acids is 1. The number of methoxy groups -OCH3 is 1. The molecule has 1 aliphatic heterocycles. The summed E-state index contributed by atoms with van der Waals surface area (Å²) in [5.74, 6) is -0.609. The molecule has 0 bridgehead atoms. The molecule has 8 nitrogen and oxygen atoms in total. The van der Waals surface area contributed by atoms with Crippen LogP contribution in [0.15, 0.2) is 41.3 Å². The molecular formula is C21H19FN4O4. The van der Waals surface area contributed by atoms with E-state index in [4.69, 9.17) is 10.5 Å². The third kappa shape index (κ3) is 2.73. The molecule has 1 saturated carbocycles. The Morgan fingerprint density at radius 2 is 1.93 bits per heavy atom. The second-order valence-electron chi connectivity index (χ2n) is 7.72. The number of aromatic carboxylic acids is 1. The van der Waals surface area contributed by atoms with Gasteiger partial charge in [0.05, 0.1) is 12.5 Å². The lowest BCUT2D eigenvalue weighted by atomic mass is 10.1. The van der Waals surface area contributed by atoms with Crippen LogP contribution in [0.3, 0.4) is 0 Å². The summed E-state index contributed by atoms with van der Waals surface area (Å²) in [5, 5.41) is 9.38. The molecule has 1 aliphatic carbocycles. The third-order valence-electron chi connectivity index (χ3n) is 6.05. The lowest BCUT2D eigenvalue weighted by molar-refractivity contribution is 0.0695. The van der Waals surface area contributed by atoms with Gasteiger partial charge in [-0.2, -0.15) is 0 Å². The maximum Gasteiger partial charge on any atom is 0.341 e. The summed E-state index contributed by atoms with van der Waals surface area (Å²) in [6.45, 7) is 1.22. The Morgan fingerprint density at radius 1 is 1.27 bits per heavy atom. The highest BCUT2D eigenvalue weighted by Crippen LogP contribution is 2.45. The summed E-state index contributed by atoms with van der Waals surface area (Å²) in [7, 11) is 1.54. The molecule has 1 saturated heterocycles. The van der Waals surface area contributed by atoms with Gasteiger partial charge < -0.3 is 25.0 Å². The molecule has 1 aromatic carbocycles. The average molecular weight is 410 g/mol. The van der Waals surface area contributed by atoms with Gasteiger partial charge >= 0.3 is 5.97 Å². The summed E-state index contributed by atoms with van der Waals surface area (Å²) in [6, 6.07) is 8.07. The van der Waals surface area contributed by atoms with Crippen LogP contribution in [-0.2, 0) is 0 Å². The van der Waals surface area contributed by atoms with Crippen LogP contribution in [0.1, 0.15) is 10.4 Å². The fourth-order valence-corrected chi connectivity index (χ4v) is 4.27. The second-order valence-corrected chi connectivity index (χ2v) is 7.72. The molecule has 9 heteroatoms. The predicted octanol–water partition coefficient (Wildman–Crippen LogP) is 1.62. The fourth-order valence-electron chi connectivity index (χ4n) is 4.27. The van der Waals surface area contributed by atoms with Gasteiger partial charge in [0.2, 0.25) is 5.43 Å². The fraction of sp³-hybridized carbons (Fsp3) is 0.286. The summed E-state index contributed by atoms with van der Waals surface area (Å²) >= 11 is 0. The van der Waals surface area contributed by atoms with Crippen molar-refractivity contribution >= 4 is 22.8 Å². The molecule has 0 spiro atoms. The van der Waals surface area contributed by atoms with Crippen LogP contribution in [0.25, 0.3) is 16.7 Å². The van der Waals surface area contributed by atoms with E-state index in [2.05, 4.69) is 4.98 Å². The molecule has 30 heavy (non-hydrogen) atoms. The number of aromatic nitrogens is 2. The summed E-state index contributed by atoms with van der Waals surface area (Å²) in [6.07, 6.45) is 1.22. The molecule has 3 N–H and O–H groups in total. The Labute approximate surface area is 170 Å². The normalized spacial score (nSPS) is 22.2. The van der Waals surface area contributed by atoms with Gasteiger partial charge in [0.1, 0.15) is 11.3 Å². The Kier molecular flexibility index (Phi) is 4.04. The number of carbonyl (C=O) groups is 1. The molecule has 3 heterocycles. The number of benzene rings is 1. The van der Waals surface area contributed by atoms with Crippen molar-refractivity contribution in [2.75, 3.05) is 25.1 Å². The van der Waals surface area contributed by atoms with Crippen LogP contribution in [0.5, 0.6) is 5.75 Å². The zero-order chi connectivity index (χ0) is 21.2. The molecule has 1 unspecified atom stereocenters. The number of ether oxygens (including phenoxy) is 1. The Bertz CT molecular complexity index is 1230. The van der Waals surface area contributed by atoms with Crippen molar-refractivity contribution in [2.45, 2.75) is 6.04 Å². The standard InChI is InChI=1S/C21H19FN4O4/c1-30-11-4-2-10(3-5-11)26-9-15(21(28)29)18(27)12-6-16(22)20(24-19(12)26)25-7-13-14(8-25)17(13)23/h2-6,9,13-14,17H,7-8,23H2,1H3,(H,28,29)/t13-,14+,17?. The van der Waals surface area contributed by atoms with Gasteiger partial charge in [-0.3, -0.25) is 4.79 Å². The molecule has 0 amide bonds. The first-order chi connectivity index (χ1) is 14.4. The SMILES string of the molecule is COc1ccc(-n2cc(C(=O)O)c(=O)c3cc(F)c(N4C[C@@H]5C(N)[C@@H]5C4)nc32)cc1. The highest BCUT2D eigenvalue weighted by atomic mass is 19.1. The number of rotatable bonds is 4. The zero-order valence-electron chi connectivity index (χ0n) is 16.1. The molecule has 2 fully saturated rings. The van der Waals surface area contributed by atoms with Crippen molar-refractivity contribution in [3.8, 4) is 11.4 Å². The topological polar surface area (TPSA) is 111 Å². The number of nitrogens with zero attached hydrogens (tertiary/aromatic N) is 3. The minimum absolute atomic E-state index is 0.0898. The van der Waals surface area contributed by atoms with Crippen LogP contribution in [0, 0.1) is 17.7 Å². The number of piperidine rings is 1. The zero-order valence-corrected chi connectivity index (χ0v) is 16.1. The van der Waals surface area contributed by atoms with Crippen LogP contribution in [0.4, 0.5) is 10.2 Å². The number of hydrogen-bond acceptors (Lipinski definition) is 6. The minimum Gasteiger partial charge on any atom is -0.497 e. The monoisotopic (exact) mass is 410 g/mol. The maximum atomic E-state index is 14.9. The Morgan fingerprint density at radius 3 is 2.53 bits per heavy atom. The molecule has 2 aliphatic rings. The van der Waals surface area contributed by atoms with Gasteiger partial charge in [-0.25, -0.2) is 14.2 Å². The van der Waals surface area contributed by atoms with Gasteiger partial charge in [0, 0.05) is 31.0 Å². The first-order valence-electron chi connectivity index (χ1n) is 9.53. The van der Waals surface area contributed by atoms with Crippen molar-refractivity contribution < 1.29 is 19.0 Å². The lowest BCUT2D eigenvalue weighted by Crippen LogP contribution is -2.30. The minimum atomic E-state index is -1.39. The number of hydrogen-bond donors (Lipinski definition) is 2. The molecule has 154 valence electrons. The van der Waals surface area contributed by atoms with E-state index in [0.717, 1.165) is 6.07 Å². The molecular weight excluding hydrogens is 391 g/mol. The molecule has 0 radical (unpaired) electrons. The summed E-state index contributed by atoms with van der Waals surface area (Å²) in [4.78, 5) is 30.6. The number of nitrogens with two attached hydrogens (primary N) is 1. The Hall–Kier alpha value is -3.46. The van der Waals surface area contributed by atoms with Gasteiger partial charge in [-0.05, 0) is 42.2 Å². The largest absolute Gasteiger partial charge is 0.497 e. The van der Waals surface area contributed by atoms with Crippen molar-refractivity contribution in [3.05, 3.63) is 58.1 Å². The van der Waals surface area contributed by atoms with E-state index in [9.17, 15) is 19.1 Å². The van der Waals surface area contributed by atoms with Gasteiger partial charge in [-0.15, -0.1) is 0 Å². The molecule has 5 rings (SSSR count). The van der Waals surface area contributed by atoms with E-state index in [-0.39, 0.29) is 22.9 Å². The Balaban J connectivity index is 1.71. The molecule has 2 aromatic heterocycles. The lowest BCUT2D eigenvalue weighted by Gasteiger charge is -2.22. The van der Waals surface area contributed by atoms with E-state index >= 15 is 0 Å². The first kappa shape index (κ1) is 18.6. The smallest absolute Gasteiger partial charge is 0.341 e. The van der Waals surface area contributed by atoms with Crippen LogP contribution in [0.2, 0.25) is 0 Å². The van der Waals surface area contributed by atoms with E-state index in [0.29, 0.717) is 36.4 Å². The number of carboxylic acid groups (broad SMARTS) is 1. The van der Waals surface area contributed by atoms with Crippen LogP contribution >= 0.6 is 0 Å². The number of anilines is 1. The van der Waals surface area contributed by atoms with E-state index in [1.165, 1.54) is 17.9 Å². The number of pyridine rings is 2. The molecule has 3 atom stereocenters. The number of fused-ring (bicyclic) bond motifs is 2. The van der Waals surface area contributed by atoms with Crippen molar-refractivity contribution in [1.82, 2.24) is 9.55 Å². The quantitative estimate of drug-likeness (QED) is 0.672. The van der Waals surface area contributed by atoms with Gasteiger partial charge in [-0.1, -0.05) is 0 Å². The highest BCUT2D eigenvalue weighted by Gasteiger charge is 2.54. The second kappa shape index (κ2) is 6.53. The summed E-state index contributed by atoms with van der Waals surface area (Å²) < 4.78 is 21.6. The first-order valence-corrected chi connectivity index (χ1v) is 9.53. The van der Waals surface area contributed by atoms with E-state index in [1.54, 1.807) is 24.3 Å². The number of halogens is 1. The summed E-state index contributed by atoms with van der Waals surface area (Å²) in [5.41, 5.74) is 5.51. The van der Waals surface area contributed by atoms with Crippen molar-refractivity contribution in [1.29, 1.82) is 0 Å². The third-order valence-corrected chi connectivity index (χ3v) is 6.05. The maximum absolute atomic E-state index is 14.9. The van der Waals surface area contributed by atoms with Gasteiger partial charge in [0.15, 0.2) is 17.3 Å². The molecule has 3 aromatic rings.